The lowest BCUT2D eigenvalue weighted by Gasteiger charge is -2.10. The lowest BCUT2D eigenvalue weighted by Crippen LogP contribution is -2.25. The van der Waals surface area contributed by atoms with Gasteiger partial charge >= 0.3 is 0 Å². The van der Waals surface area contributed by atoms with Crippen molar-refractivity contribution in [2.75, 3.05) is 0 Å². The second kappa shape index (κ2) is 3.87. The minimum atomic E-state index is -2.07. The molecule has 71 valence electrons. The third-order valence-corrected chi connectivity index (χ3v) is 2.40. The van der Waals surface area contributed by atoms with Crippen LogP contribution in [-0.4, -0.2) is 14.3 Å². The van der Waals surface area contributed by atoms with E-state index in [4.69, 9.17) is 58.0 Å². The second-order valence-corrected chi connectivity index (χ2v) is 5.10. The van der Waals surface area contributed by atoms with Crippen LogP contribution in [-0.2, 0) is 0 Å². The van der Waals surface area contributed by atoms with Gasteiger partial charge in [-0.25, -0.2) is 0 Å². The Morgan fingerprint density at radius 3 is 2.23 bits per heavy atom. The molecule has 0 saturated heterocycles. The van der Waals surface area contributed by atoms with Gasteiger partial charge in [-0.1, -0.05) is 58.0 Å². The van der Waals surface area contributed by atoms with Gasteiger partial charge in [0.2, 0.25) is 0 Å². The largest absolute Gasteiger partial charge is 0.284 e. The minimum absolute atomic E-state index is 0.0296. The Hall–Kier alpha value is 0.400. The average molecular weight is 280 g/mol. The highest BCUT2D eigenvalue weighted by molar-refractivity contribution is 6.76. The monoisotopic (exact) mass is 278 g/mol. The number of rotatable bonds is 0. The highest BCUT2D eigenvalue weighted by Crippen LogP contribution is 2.31. The van der Waals surface area contributed by atoms with Crippen LogP contribution in [0.25, 0.3) is 0 Å². The first kappa shape index (κ1) is 11.5. The summed E-state index contributed by atoms with van der Waals surface area (Å²) in [5, 5.41) is 0.141. The van der Waals surface area contributed by atoms with E-state index in [9.17, 15) is 4.79 Å². The Bertz CT molecular complexity index is 339. The first-order valence-electron chi connectivity index (χ1n) is 2.90. The van der Waals surface area contributed by atoms with Gasteiger partial charge in [-0.2, -0.15) is 0 Å². The smallest absolute Gasteiger partial charge is 0.269 e. The van der Waals surface area contributed by atoms with Crippen LogP contribution < -0.4 is 0 Å². The Morgan fingerprint density at radius 2 is 1.92 bits per heavy atom. The Kier molecular flexibility index (Phi) is 3.42. The molecule has 1 radical (unpaired) electrons. The molecule has 0 saturated carbocycles. The molecule has 1 aromatic heterocycles. The molecule has 0 unspecified atom stereocenters. The third kappa shape index (κ3) is 2.45. The van der Waals surface area contributed by atoms with Crippen LogP contribution in [0.15, 0.2) is 6.07 Å². The van der Waals surface area contributed by atoms with Crippen molar-refractivity contribution in [2.45, 2.75) is 3.79 Å². The summed E-state index contributed by atoms with van der Waals surface area (Å²) in [6, 6.07) is 1.30. The molecule has 1 rings (SSSR count). The summed E-state index contributed by atoms with van der Waals surface area (Å²) in [5.41, 5.74) is 0. The summed E-state index contributed by atoms with van der Waals surface area (Å²) in [4.78, 5) is 11.3. The van der Waals surface area contributed by atoms with Crippen molar-refractivity contribution >= 4 is 63.9 Å². The molecule has 0 atom stereocenters. The molecule has 0 spiro atoms. The van der Waals surface area contributed by atoms with E-state index < -0.39 is 9.70 Å². The van der Waals surface area contributed by atoms with Crippen molar-refractivity contribution in [3.05, 3.63) is 22.4 Å². The van der Waals surface area contributed by atoms with Gasteiger partial charge in [0.15, 0.2) is 0 Å². The van der Waals surface area contributed by atoms with Crippen molar-refractivity contribution in [3.8, 4) is 0 Å². The number of aromatic nitrogens is 1. The molecular weight excluding hydrogens is 279 g/mol. The van der Waals surface area contributed by atoms with E-state index in [-0.39, 0.29) is 10.2 Å². The molecule has 1 heterocycles. The number of nitrogens with zero attached hydrogens (tertiary/aromatic N) is 1. The topological polar surface area (TPSA) is 22.0 Å². The molecular formula is C6HCl5NO. The molecule has 0 bridgehead atoms. The summed E-state index contributed by atoms with van der Waals surface area (Å²) in [6.07, 6.45) is 2.43. The molecule has 1 aromatic rings. The van der Waals surface area contributed by atoms with E-state index >= 15 is 0 Å². The van der Waals surface area contributed by atoms with Crippen molar-refractivity contribution in [2.24, 2.45) is 0 Å². The Labute approximate surface area is 99.3 Å². The van der Waals surface area contributed by atoms with Gasteiger partial charge in [-0.3, -0.25) is 9.36 Å². The first-order chi connectivity index (χ1) is 5.84. The molecule has 0 fully saturated rings. The Balaban J connectivity index is 3.10. The predicted octanol–water partition coefficient (Wildman–Crippen LogP) is 3.61. The summed E-state index contributed by atoms with van der Waals surface area (Å²) >= 11 is 27.2. The van der Waals surface area contributed by atoms with E-state index in [1.165, 1.54) is 6.07 Å². The lowest BCUT2D eigenvalue weighted by atomic mass is 10.6. The summed E-state index contributed by atoms with van der Waals surface area (Å²) in [7, 11) is 0. The van der Waals surface area contributed by atoms with Crippen LogP contribution in [0.2, 0.25) is 10.2 Å². The maximum absolute atomic E-state index is 11.3. The predicted molar refractivity (Wildman–Crippen MR) is 54.2 cm³/mol. The fourth-order valence-corrected chi connectivity index (χ4v) is 1.19. The van der Waals surface area contributed by atoms with Crippen molar-refractivity contribution < 1.29 is 4.79 Å². The quantitative estimate of drug-likeness (QED) is 0.665. The molecule has 0 aliphatic heterocycles. The van der Waals surface area contributed by atoms with E-state index in [0.29, 0.717) is 0 Å². The molecule has 0 amide bonds. The van der Waals surface area contributed by atoms with Gasteiger partial charge in [0, 0.05) is 0 Å². The summed E-state index contributed by atoms with van der Waals surface area (Å²) in [6.45, 7) is 0. The van der Waals surface area contributed by atoms with Crippen molar-refractivity contribution in [1.29, 1.82) is 0 Å². The van der Waals surface area contributed by atoms with Crippen LogP contribution in [0.4, 0.5) is 0 Å². The van der Waals surface area contributed by atoms with Crippen LogP contribution in [0.3, 0.4) is 0 Å². The normalized spacial score (nSPS) is 11.8. The molecule has 0 aromatic carbocycles. The fraction of sp³-hybridized carbons (Fsp3) is 0.167. The van der Waals surface area contributed by atoms with Gasteiger partial charge in [0.05, 0.1) is 11.2 Å². The number of carbonyl (C=O) groups excluding carboxylic acids is 1. The average Bonchev–Trinajstić information content (AvgIpc) is 2.30. The van der Waals surface area contributed by atoms with Crippen molar-refractivity contribution in [3.63, 3.8) is 0 Å². The Morgan fingerprint density at radius 1 is 1.38 bits per heavy atom. The number of hydrogen-bond acceptors (Lipinski definition) is 1. The SMILES string of the molecule is O=C(n1[c]cc(Cl)c1Cl)C(Cl)(Cl)Cl. The zero-order valence-corrected chi connectivity index (χ0v) is 9.60. The van der Waals surface area contributed by atoms with E-state index in [1.807, 2.05) is 0 Å². The van der Waals surface area contributed by atoms with Crippen LogP contribution in [0.5, 0.6) is 0 Å². The summed E-state index contributed by atoms with van der Waals surface area (Å²) in [5.74, 6) is -0.825. The maximum Gasteiger partial charge on any atom is 0.284 e. The molecule has 7 heteroatoms. The van der Waals surface area contributed by atoms with Crippen LogP contribution >= 0.6 is 58.0 Å². The maximum atomic E-state index is 11.3. The van der Waals surface area contributed by atoms with Gasteiger partial charge in [0.1, 0.15) is 5.15 Å². The van der Waals surface area contributed by atoms with Crippen LogP contribution in [0.1, 0.15) is 4.79 Å². The van der Waals surface area contributed by atoms with Gasteiger partial charge in [-0.15, -0.1) is 0 Å². The highest BCUT2D eigenvalue weighted by Gasteiger charge is 2.33. The van der Waals surface area contributed by atoms with Crippen molar-refractivity contribution in [1.82, 2.24) is 4.57 Å². The number of carbonyl (C=O) groups is 1. The van der Waals surface area contributed by atoms with E-state index in [0.717, 1.165) is 4.57 Å². The molecule has 2 nitrogen and oxygen atoms in total. The van der Waals surface area contributed by atoms with Gasteiger partial charge < -0.3 is 0 Å². The molecule has 13 heavy (non-hydrogen) atoms. The standard InChI is InChI=1S/C6HCl5NO/c7-3-1-2-12(4(3)8)5(13)6(9,10)11/h1H. The molecule has 0 aliphatic rings. The molecule has 0 aliphatic carbocycles. The van der Waals surface area contributed by atoms with Gasteiger partial charge in [-0.05, 0) is 6.07 Å². The second-order valence-electron chi connectivity index (χ2n) is 2.05. The number of halogens is 5. The van der Waals surface area contributed by atoms with E-state index in [1.54, 1.807) is 0 Å². The zero-order valence-electron chi connectivity index (χ0n) is 5.82. The minimum Gasteiger partial charge on any atom is -0.269 e. The first-order valence-corrected chi connectivity index (χ1v) is 4.79. The summed E-state index contributed by atoms with van der Waals surface area (Å²) < 4.78 is -1.22. The van der Waals surface area contributed by atoms with Crippen LogP contribution in [0, 0.1) is 6.20 Å². The van der Waals surface area contributed by atoms with E-state index in [2.05, 4.69) is 6.20 Å². The zero-order chi connectivity index (χ0) is 10.2. The number of hydrogen-bond donors (Lipinski definition) is 0. The van der Waals surface area contributed by atoms with Gasteiger partial charge in [0.25, 0.3) is 9.70 Å². The fourth-order valence-electron chi connectivity index (χ4n) is 0.619. The highest BCUT2D eigenvalue weighted by atomic mass is 35.6. The third-order valence-electron chi connectivity index (χ3n) is 1.16. The number of alkyl halides is 3. The lowest BCUT2D eigenvalue weighted by molar-refractivity contribution is 0.0918. The molecule has 0 N–H and O–H groups in total.